The number of hydrogen-bond acceptors (Lipinski definition) is 2. The van der Waals surface area contributed by atoms with E-state index in [1.165, 1.54) is 5.56 Å². The van der Waals surface area contributed by atoms with Crippen LogP contribution in [0, 0.1) is 5.41 Å². The zero-order valence-corrected chi connectivity index (χ0v) is 12.1. The van der Waals surface area contributed by atoms with Crippen LogP contribution in [0.4, 0.5) is 0 Å². The van der Waals surface area contributed by atoms with Crippen molar-refractivity contribution in [3.8, 4) is 5.75 Å². The molecule has 0 aromatic heterocycles. The maximum Gasteiger partial charge on any atom is 0.125 e. The van der Waals surface area contributed by atoms with Crippen LogP contribution in [-0.4, -0.2) is 11.7 Å². The SMILES string of the molecule is CC(C)(C)CC(C)(C)c1ccc2c(c1)C(O)CO2. The van der Waals surface area contributed by atoms with Gasteiger partial charge in [-0.15, -0.1) is 0 Å². The lowest BCUT2D eigenvalue weighted by Crippen LogP contribution is -2.24. The number of aliphatic hydroxyl groups excluding tert-OH is 1. The largest absolute Gasteiger partial charge is 0.490 e. The summed E-state index contributed by atoms with van der Waals surface area (Å²) in [4.78, 5) is 0. The van der Waals surface area contributed by atoms with Crippen molar-refractivity contribution in [2.24, 2.45) is 5.41 Å². The van der Waals surface area contributed by atoms with E-state index in [-0.39, 0.29) is 10.8 Å². The van der Waals surface area contributed by atoms with Crippen molar-refractivity contribution in [1.29, 1.82) is 0 Å². The van der Waals surface area contributed by atoms with E-state index in [2.05, 4.69) is 46.8 Å². The molecule has 18 heavy (non-hydrogen) atoms. The highest BCUT2D eigenvalue weighted by molar-refractivity contribution is 5.43. The van der Waals surface area contributed by atoms with Crippen LogP contribution in [0.2, 0.25) is 0 Å². The van der Waals surface area contributed by atoms with Crippen LogP contribution in [-0.2, 0) is 5.41 Å². The molecule has 100 valence electrons. The second-order valence-electron chi connectivity index (χ2n) is 7.20. The summed E-state index contributed by atoms with van der Waals surface area (Å²) in [6.45, 7) is 11.7. The molecule has 1 aliphatic heterocycles. The minimum absolute atomic E-state index is 0.107. The molecule has 0 amide bonds. The first-order chi connectivity index (χ1) is 8.19. The second kappa shape index (κ2) is 4.27. The van der Waals surface area contributed by atoms with Gasteiger partial charge in [-0.25, -0.2) is 0 Å². The van der Waals surface area contributed by atoms with Gasteiger partial charge in [0.1, 0.15) is 18.5 Å². The van der Waals surface area contributed by atoms with Gasteiger partial charge in [-0.05, 0) is 34.9 Å². The fraction of sp³-hybridized carbons (Fsp3) is 0.625. The fourth-order valence-corrected chi connectivity index (χ4v) is 3.05. The van der Waals surface area contributed by atoms with E-state index < -0.39 is 6.10 Å². The van der Waals surface area contributed by atoms with Crippen molar-refractivity contribution in [3.05, 3.63) is 29.3 Å². The van der Waals surface area contributed by atoms with Gasteiger partial charge < -0.3 is 9.84 Å². The molecule has 1 aromatic rings. The summed E-state index contributed by atoms with van der Waals surface area (Å²) in [6.07, 6.45) is 0.640. The first-order valence-corrected chi connectivity index (χ1v) is 6.64. The number of ether oxygens (including phenoxy) is 1. The number of aliphatic hydroxyl groups is 1. The Morgan fingerprint density at radius 2 is 1.89 bits per heavy atom. The second-order valence-corrected chi connectivity index (χ2v) is 7.20. The molecule has 0 bridgehead atoms. The van der Waals surface area contributed by atoms with E-state index in [0.29, 0.717) is 6.61 Å². The molecule has 0 aliphatic carbocycles. The fourth-order valence-electron chi connectivity index (χ4n) is 3.05. The molecule has 0 fully saturated rings. The number of hydrogen-bond donors (Lipinski definition) is 1. The van der Waals surface area contributed by atoms with E-state index in [1.807, 2.05) is 6.07 Å². The van der Waals surface area contributed by atoms with Gasteiger partial charge in [-0.1, -0.05) is 40.7 Å². The first-order valence-electron chi connectivity index (χ1n) is 6.64. The number of rotatable bonds is 2. The Labute approximate surface area is 110 Å². The highest BCUT2D eigenvalue weighted by Crippen LogP contribution is 2.40. The van der Waals surface area contributed by atoms with E-state index in [0.717, 1.165) is 17.7 Å². The maximum absolute atomic E-state index is 9.88. The van der Waals surface area contributed by atoms with Crippen molar-refractivity contribution >= 4 is 0 Å². The minimum atomic E-state index is -0.467. The van der Waals surface area contributed by atoms with Crippen LogP contribution < -0.4 is 4.74 Å². The lowest BCUT2D eigenvalue weighted by molar-refractivity contribution is 0.140. The molecular formula is C16H24O2. The highest BCUT2D eigenvalue weighted by Gasteiger charge is 2.30. The van der Waals surface area contributed by atoms with Crippen LogP contribution in [0.3, 0.4) is 0 Å². The molecule has 1 heterocycles. The molecule has 2 nitrogen and oxygen atoms in total. The minimum Gasteiger partial charge on any atom is -0.490 e. The summed E-state index contributed by atoms with van der Waals surface area (Å²) in [5.74, 6) is 0.831. The average Bonchev–Trinajstić information content (AvgIpc) is 2.56. The summed E-state index contributed by atoms with van der Waals surface area (Å²) in [6, 6.07) is 6.23. The third-order valence-electron chi connectivity index (χ3n) is 3.52. The maximum atomic E-state index is 9.88. The molecule has 1 unspecified atom stereocenters. The van der Waals surface area contributed by atoms with Gasteiger partial charge >= 0.3 is 0 Å². The Balaban J connectivity index is 2.31. The Morgan fingerprint density at radius 3 is 2.50 bits per heavy atom. The van der Waals surface area contributed by atoms with E-state index in [9.17, 15) is 5.11 Å². The quantitative estimate of drug-likeness (QED) is 0.862. The molecule has 1 N–H and O–H groups in total. The van der Waals surface area contributed by atoms with E-state index >= 15 is 0 Å². The van der Waals surface area contributed by atoms with Gasteiger partial charge in [0.25, 0.3) is 0 Å². The van der Waals surface area contributed by atoms with Gasteiger partial charge in [0.05, 0.1) is 0 Å². The predicted octanol–water partition coefficient (Wildman–Crippen LogP) is 3.83. The van der Waals surface area contributed by atoms with Crippen molar-refractivity contribution in [2.45, 2.75) is 52.6 Å². The van der Waals surface area contributed by atoms with Crippen LogP contribution in [0.5, 0.6) is 5.75 Å². The number of benzene rings is 1. The topological polar surface area (TPSA) is 29.5 Å². The summed E-state index contributed by atoms with van der Waals surface area (Å²) in [5, 5.41) is 9.88. The molecule has 2 heteroatoms. The third kappa shape index (κ3) is 2.69. The smallest absolute Gasteiger partial charge is 0.125 e. The van der Waals surface area contributed by atoms with E-state index in [4.69, 9.17) is 4.74 Å². The zero-order valence-electron chi connectivity index (χ0n) is 12.1. The molecular weight excluding hydrogens is 224 g/mol. The van der Waals surface area contributed by atoms with Crippen molar-refractivity contribution in [1.82, 2.24) is 0 Å². The molecule has 2 rings (SSSR count). The summed E-state index contributed by atoms with van der Waals surface area (Å²) >= 11 is 0. The molecule has 1 aromatic carbocycles. The molecule has 0 saturated carbocycles. The van der Waals surface area contributed by atoms with E-state index in [1.54, 1.807) is 0 Å². The normalized spacial score (nSPS) is 19.6. The monoisotopic (exact) mass is 248 g/mol. The highest BCUT2D eigenvalue weighted by atomic mass is 16.5. The summed E-state index contributed by atoms with van der Waals surface area (Å²) < 4.78 is 5.43. The molecule has 0 radical (unpaired) electrons. The lowest BCUT2D eigenvalue weighted by Gasteiger charge is -2.33. The van der Waals surface area contributed by atoms with Crippen molar-refractivity contribution < 1.29 is 9.84 Å². The zero-order chi connectivity index (χ0) is 13.6. The van der Waals surface area contributed by atoms with Crippen LogP contribution in [0.15, 0.2) is 18.2 Å². The molecule has 0 spiro atoms. The van der Waals surface area contributed by atoms with Gasteiger partial charge in [0, 0.05) is 5.56 Å². The Bertz CT molecular complexity index is 441. The average molecular weight is 248 g/mol. The molecule has 1 aliphatic rings. The van der Waals surface area contributed by atoms with Crippen molar-refractivity contribution in [3.63, 3.8) is 0 Å². The summed E-state index contributed by atoms with van der Waals surface area (Å²) in [5.41, 5.74) is 2.61. The van der Waals surface area contributed by atoms with Gasteiger partial charge in [0.15, 0.2) is 0 Å². The van der Waals surface area contributed by atoms with Gasteiger partial charge in [0.2, 0.25) is 0 Å². The lowest BCUT2D eigenvalue weighted by atomic mass is 9.72. The third-order valence-corrected chi connectivity index (χ3v) is 3.52. The van der Waals surface area contributed by atoms with Crippen LogP contribution in [0.1, 0.15) is 58.3 Å². The van der Waals surface area contributed by atoms with Crippen LogP contribution in [0.25, 0.3) is 0 Å². The molecule has 0 saturated heterocycles. The van der Waals surface area contributed by atoms with Crippen molar-refractivity contribution in [2.75, 3.05) is 6.61 Å². The Hall–Kier alpha value is -1.02. The standard InChI is InChI=1S/C16H24O2/c1-15(2,3)10-16(4,5)11-6-7-14-12(8-11)13(17)9-18-14/h6-8,13,17H,9-10H2,1-5H3. The Kier molecular flexibility index (Phi) is 3.18. The predicted molar refractivity (Wildman–Crippen MR) is 74.0 cm³/mol. The van der Waals surface area contributed by atoms with Gasteiger partial charge in [-0.3, -0.25) is 0 Å². The first kappa shape index (κ1) is 13.4. The summed E-state index contributed by atoms with van der Waals surface area (Å²) in [7, 11) is 0. The van der Waals surface area contributed by atoms with Gasteiger partial charge in [-0.2, -0.15) is 0 Å². The number of fused-ring (bicyclic) bond motifs is 1. The Morgan fingerprint density at radius 1 is 1.22 bits per heavy atom. The van der Waals surface area contributed by atoms with Crippen LogP contribution >= 0.6 is 0 Å². The molecule has 1 atom stereocenters.